The molecule has 0 aliphatic carbocycles. The Bertz CT molecular complexity index is 629. The molecule has 1 fully saturated rings. The highest BCUT2D eigenvalue weighted by Gasteiger charge is 2.11. The molecule has 27 heavy (non-hydrogen) atoms. The normalized spacial score (nSPS) is 14.3. The topological polar surface area (TPSA) is 112 Å². The fourth-order valence-electron chi connectivity index (χ4n) is 2.55. The van der Waals surface area contributed by atoms with Gasteiger partial charge >= 0.3 is 6.03 Å². The van der Waals surface area contributed by atoms with E-state index >= 15 is 0 Å². The highest BCUT2D eigenvalue weighted by Crippen LogP contribution is 2.09. The SMILES string of the molecule is CC(=O)NCCNC(=O)Nc1ccc(C(=O)NCCN2CCOCC2)cc1. The third-order valence-electron chi connectivity index (χ3n) is 4.01. The van der Waals surface area contributed by atoms with Crippen LogP contribution in [0.25, 0.3) is 0 Å². The first kappa shape index (κ1) is 20.7. The molecule has 1 aliphatic rings. The fourth-order valence-corrected chi connectivity index (χ4v) is 2.55. The minimum Gasteiger partial charge on any atom is -0.379 e. The number of carbonyl (C=O) groups is 3. The lowest BCUT2D eigenvalue weighted by Crippen LogP contribution is -2.41. The van der Waals surface area contributed by atoms with Crippen LogP contribution in [0, 0.1) is 0 Å². The van der Waals surface area contributed by atoms with E-state index < -0.39 is 0 Å². The van der Waals surface area contributed by atoms with Crippen LogP contribution in [0.4, 0.5) is 10.5 Å². The molecule has 148 valence electrons. The van der Waals surface area contributed by atoms with Gasteiger partial charge in [0.15, 0.2) is 0 Å². The van der Waals surface area contributed by atoms with Crippen molar-refractivity contribution >= 4 is 23.5 Å². The van der Waals surface area contributed by atoms with Crippen LogP contribution in [0.15, 0.2) is 24.3 Å². The number of rotatable bonds is 8. The molecule has 9 nitrogen and oxygen atoms in total. The molecular weight excluding hydrogens is 350 g/mol. The van der Waals surface area contributed by atoms with E-state index in [2.05, 4.69) is 26.2 Å². The molecule has 1 heterocycles. The molecule has 1 aliphatic heterocycles. The Morgan fingerprint density at radius 3 is 2.30 bits per heavy atom. The monoisotopic (exact) mass is 377 g/mol. The zero-order chi connectivity index (χ0) is 19.5. The molecule has 2 rings (SSSR count). The molecule has 0 saturated carbocycles. The lowest BCUT2D eigenvalue weighted by atomic mass is 10.2. The average Bonchev–Trinajstić information content (AvgIpc) is 2.66. The minimum atomic E-state index is -0.372. The first-order valence-corrected chi connectivity index (χ1v) is 9.02. The summed E-state index contributed by atoms with van der Waals surface area (Å²) < 4.78 is 5.29. The number of carbonyl (C=O) groups excluding carboxylic acids is 3. The summed E-state index contributed by atoms with van der Waals surface area (Å²) in [6, 6.07) is 6.30. The van der Waals surface area contributed by atoms with Gasteiger partial charge in [0.2, 0.25) is 5.91 Å². The van der Waals surface area contributed by atoms with Gasteiger partial charge in [-0.3, -0.25) is 14.5 Å². The number of hydrogen-bond donors (Lipinski definition) is 4. The maximum Gasteiger partial charge on any atom is 0.319 e. The van der Waals surface area contributed by atoms with Gasteiger partial charge in [0, 0.05) is 57.4 Å². The second kappa shape index (κ2) is 11.1. The first-order chi connectivity index (χ1) is 13.0. The summed E-state index contributed by atoms with van der Waals surface area (Å²) in [5, 5.41) is 10.8. The number of morpholine rings is 1. The first-order valence-electron chi connectivity index (χ1n) is 9.02. The maximum absolute atomic E-state index is 12.2. The second-order valence-electron chi connectivity index (χ2n) is 6.15. The largest absolute Gasteiger partial charge is 0.379 e. The predicted octanol–water partition coefficient (Wildman–Crippen LogP) is 0.00620. The van der Waals surface area contributed by atoms with E-state index in [1.807, 2.05) is 0 Å². The van der Waals surface area contributed by atoms with E-state index in [1.165, 1.54) is 6.92 Å². The quantitative estimate of drug-likeness (QED) is 0.477. The highest BCUT2D eigenvalue weighted by atomic mass is 16.5. The van der Waals surface area contributed by atoms with Gasteiger partial charge < -0.3 is 26.0 Å². The number of ether oxygens (including phenoxy) is 1. The van der Waals surface area contributed by atoms with Crippen LogP contribution in [0.3, 0.4) is 0 Å². The van der Waals surface area contributed by atoms with Gasteiger partial charge in [0.1, 0.15) is 0 Å². The van der Waals surface area contributed by atoms with Crippen LogP contribution in [0.2, 0.25) is 0 Å². The molecule has 0 spiro atoms. The number of urea groups is 1. The van der Waals surface area contributed by atoms with E-state index in [0.717, 1.165) is 32.8 Å². The van der Waals surface area contributed by atoms with Crippen molar-refractivity contribution in [3.8, 4) is 0 Å². The molecule has 4 N–H and O–H groups in total. The van der Waals surface area contributed by atoms with Crippen LogP contribution in [0.1, 0.15) is 17.3 Å². The summed E-state index contributed by atoms with van der Waals surface area (Å²) in [6.07, 6.45) is 0. The number of amides is 4. The lowest BCUT2D eigenvalue weighted by molar-refractivity contribution is -0.118. The third kappa shape index (κ3) is 8.06. The number of benzene rings is 1. The number of nitrogens with one attached hydrogen (secondary N) is 4. The Kier molecular flexibility index (Phi) is 8.53. The molecule has 9 heteroatoms. The van der Waals surface area contributed by atoms with E-state index in [1.54, 1.807) is 24.3 Å². The average molecular weight is 377 g/mol. The van der Waals surface area contributed by atoms with Crippen molar-refractivity contribution in [2.75, 3.05) is 57.8 Å². The molecule has 4 amide bonds. The molecule has 0 unspecified atom stereocenters. The van der Waals surface area contributed by atoms with Crippen molar-refractivity contribution in [3.63, 3.8) is 0 Å². The molecule has 0 bridgehead atoms. The molecular formula is C18H27N5O4. The zero-order valence-electron chi connectivity index (χ0n) is 15.5. The summed E-state index contributed by atoms with van der Waals surface area (Å²) in [7, 11) is 0. The van der Waals surface area contributed by atoms with Crippen LogP contribution in [0.5, 0.6) is 0 Å². The Hall–Kier alpha value is -2.65. The molecule has 0 atom stereocenters. The fraction of sp³-hybridized carbons (Fsp3) is 0.500. The lowest BCUT2D eigenvalue weighted by Gasteiger charge is -2.26. The smallest absolute Gasteiger partial charge is 0.319 e. The summed E-state index contributed by atoms with van der Waals surface area (Å²) in [6.45, 7) is 6.75. The van der Waals surface area contributed by atoms with Crippen LogP contribution in [-0.2, 0) is 9.53 Å². The van der Waals surface area contributed by atoms with E-state index in [0.29, 0.717) is 30.9 Å². The molecule has 1 aromatic carbocycles. The molecule has 0 radical (unpaired) electrons. The Balaban J connectivity index is 1.67. The van der Waals surface area contributed by atoms with E-state index in [-0.39, 0.29) is 17.8 Å². The number of nitrogens with zero attached hydrogens (tertiary/aromatic N) is 1. The summed E-state index contributed by atoms with van der Waals surface area (Å²) in [5.74, 6) is -0.286. The van der Waals surface area contributed by atoms with Gasteiger partial charge in [-0.15, -0.1) is 0 Å². The van der Waals surface area contributed by atoms with Crippen molar-refractivity contribution in [2.24, 2.45) is 0 Å². The maximum atomic E-state index is 12.2. The third-order valence-corrected chi connectivity index (χ3v) is 4.01. The van der Waals surface area contributed by atoms with Gasteiger partial charge in [0.05, 0.1) is 13.2 Å². The Morgan fingerprint density at radius 2 is 1.63 bits per heavy atom. The minimum absolute atomic E-state index is 0.143. The van der Waals surface area contributed by atoms with Gasteiger partial charge in [0.25, 0.3) is 5.91 Å². The van der Waals surface area contributed by atoms with Crippen molar-refractivity contribution < 1.29 is 19.1 Å². The molecule has 1 aromatic rings. The van der Waals surface area contributed by atoms with Crippen molar-refractivity contribution in [1.82, 2.24) is 20.9 Å². The summed E-state index contributed by atoms with van der Waals surface area (Å²) in [4.78, 5) is 36.9. The van der Waals surface area contributed by atoms with E-state index in [9.17, 15) is 14.4 Å². The Labute approximate surface area is 158 Å². The van der Waals surface area contributed by atoms with Crippen molar-refractivity contribution in [3.05, 3.63) is 29.8 Å². The van der Waals surface area contributed by atoms with Crippen molar-refractivity contribution in [1.29, 1.82) is 0 Å². The summed E-state index contributed by atoms with van der Waals surface area (Å²) >= 11 is 0. The standard InChI is InChI=1S/C18H27N5O4/c1-14(24)19-6-7-21-18(26)22-16-4-2-15(3-5-16)17(25)20-8-9-23-10-12-27-13-11-23/h2-5H,6-13H2,1H3,(H,19,24)(H,20,25)(H2,21,22,26). The second-order valence-corrected chi connectivity index (χ2v) is 6.15. The molecule has 1 saturated heterocycles. The zero-order valence-corrected chi connectivity index (χ0v) is 15.5. The summed E-state index contributed by atoms with van der Waals surface area (Å²) in [5.41, 5.74) is 1.12. The predicted molar refractivity (Wildman–Crippen MR) is 102 cm³/mol. The molecule has 0 aromatic heterocycles. The van der Waals surface area contributed by atoms with Gasteiger partial charge in [-0.2, -0.15) is 0 Å². The van der Waals surface area contributed by atoms with Crippen molar-refractivity contribution in [2.45, 2.75) is 6.92 Å². The van der Waals surface area contributed by atoms with E-state index in [4.69, 9.17) is 4.74 Å². The van der Waals surface area contributed by atoms with Gasteiger partial charge in [-0.05, 0) is 24.3 Å². The van der Waals surface area contributed by atoms with Gasteiger partial charge in [-0.1, -0.05) is 0 Å². The number of hydrogen-bond acceptors (Lipinski definition) is 5. The number of anilines is 1. The Morgan fingerprint density at radius 1 is 0.963 bits per heavy atom. The van der Waals surface area contributed by atoms with Crippen LogP contribution < -0.4 is 21.3 Å². The van der Waals surface area contributed by atoms with Crippen LogP contribution in [-0.4, -0.2) is 75.2 Å². The van der Waals surface area contributed by atoms with Gasteiger partial charge in [-0.25, -0.2) is 4.79 Å². The highest BCUT2D eigenvalue weighted by molar-refractivity contribution is 5.95. The van der Waals surface area contributed by atoms with Crippen LogP contribution >= 0.6 is 0 Å².